The molecule has 0 aliphatic carbocycles. The van der Waals surface area contributed by atoms with Gasteiger partial charge in [0.1, 0.15) is 5.69 Å². The number of aromatic nitrogens is 2. The van der Waals surface area contributed by atoms with Crippen molar-refractivity contribution in [3.8, 4) is 11.5 Å². The first-order chi connectivity index (χ1) is 11.6. The maximum atomic E-state index is 12.0. The predicted molar refractivity (Wildman–Crippen MR) is 91.9 cm³/mol. The molecule has 1 aromatic carbocycles. The summed E-state index contributed by atoms with van der Waals surface area (Å²) in [5.74, 6) is 0.716. The van der Waals surface area contributed by atoms with Crippen LogP contribution in [0.2, 0.25) is 0 Å². The van der Waals surface area contributed by atoms with Crippen LogP contribution in [0.5, 0.6) is 0 Å². The molecule has 6 nitrogen and oxygen atoms in total. The van der Waals surface area contributed by atoms with Gasteiger partial charge in [0.05, 0.1) is 12.5 Å². The van der Waals surface area contributed by atoms with Crippen LogP contribution in [0.25, 0.3) is 11.5 Å². The van der Waals surface area contributed by atoms with Crippen molar-refractivity contribution >= 4 is 12.1 Å². The number of hydrogen-bond donors (Lipinski definition) is 2. The third kappa shape index (κ3) is 3.60. The van der Waals surface area contributed by atoms with E-state index in [2.05, 4.69) is 46.7 Å². The fourth-order valence-corrected chi connectivity index (χ4v) is 2.19. The van der Waals surface area contributed by atoms with E-state index >= 15 is 0 Å². The molecule has 3 rings (SSSR count). The highest BCUT2D eigenvalue weighted by molar-refractivity contribution is 5.93. The van der Waals surface area contributed by atoms with E-state index in [4.69, 9.17) is 4.42 Å². The fraction of sp³-hybridized carbons (Fsp3) is 0.167. The summed E-state index contributed by atoms with van der Waals surface area (Å²) >= 11 is 0. The van der Waals surface area contributed by atoms with Crippen LogP contribution in [0.4, 0.5) is 0 Å². The average Bonchev–Trinajstić information content (AvgIpc) is 3.26. The third-order valence-electron chi connectivity index (χ3n) is 3.58. The molecule has 2 heterocycles. The molecule has 122 valence electrons. The predicted octanol–water partition coefficient (Wildman–Crippen LogP) is 3.56. The monoisotopic (exact) mass is 322 g/mol. The van der Waals surface area contributed by atoms with Crippen LogP contribution in [0.1, 0.15) is 41.4 Å². The summed E-state index contributed by atoms with van der Waals surface area (Å²) in [5.41, 5.74) is 5.52. The molecule has 0 aliphatic heterocycles. The molecule has 2 N–H and O–H groups in total. The van der Waals surface area contributed by atoms with Gasteiger partial charge in [-0.3, -0.25) is 9.89 Å². The van der Waals surface area contributed by atoms with E-state index < -0.39 is 0 Å². The SMILES string of the molecule is CC(C)c1ccc(/C=N/NC(=O)c2cc(-c3ccco3)[nH]n2)cc1. The molecule has 0 saturated heterocycles. The number of carbonyl (C=O) groups is 1. The van der Waals surface area contributed by atoms with Crippen molar-refractivity contribution in [1.29, 1.82) is 0 Å². The van der Waals surface area contributed by atoms with Gasteiger partial charge in [0.25, 0.3) is 5.91 Å². The maximum absolute atomic E-state index is 12.0. The highest BCUT2D eigenvalue weighted by Crippen LogP contribution is 2.17. The maximum Gasteiger partial charge on any atom is 0.291 e. The average molecular weight is 322 g/mol. The molecular formula is C18H18N4O2. The van der Waals surface area contributed by atoms with Crippen molar-refractivity contribution in [2.75, 3.05) is 0 Å². The van der Waals surface area contributed by atoms with Gasteiger partial charge in [0.15, 0.2) is 11.5 Å². The van der Waals surface area contributed by atoms with Crippen LogP contribution < -0.4 is 5.43 Å². The van der Waals surface area contributed by atoms with Crippen molar-refractivity contribution in [1.82, 2.24) is 15.6 Å². The zero-order valence-electron chi connectivity index (χ0n) is 13.5. The van der Waals surface area contributed by atoms with Crippen molar-refractivity contribution in [2.45, 2.75) is 19.8 Å². The third-order valence-corrected chi connectivity index (χ3v) is 3.58. The van der Waals surface area contributed by atoms with Crippen LogP contribution in [-0.2, 0) is 0 Å². The molecular weight excluding hydrogens is 304 g/mol. The molecule has 1 amide bonds. The number of H-pyrrole nitrogens is 1. The molecule has 0 spiro atoms. The molecule has 0 radical (unpaired) electrons. The first-order valence-corrected chi connectivity index (χ1v) is 7.66. The summed E-state index contributed by atoms with van der Waals surface area (Å²) in [5, 5.41) is 10.7. The number of nitrogens with one attached hydrogen (secondary N) is 2. The lowest BCUT2D eigenvalue weighted by molar-refractivity contribution is 0.0950. The summed E-state index contributed by atoms with van der Waals surface area (Å²) in [7, 11) is 0. The van der Waals surface area contributed by atoms with Crippen molar-refractivity contribution in [3.63, 3.8) is 0 Å². The van der Waals surface area contributed by atoms with Gasteiger partial charge in [-0.25, -0.2) is 5.43 Å². The van der Waals surface area contributed by atoms with Crippen LogP contribution in [-0.4, -0.2) is 22.3 Å². The first-order valence-electron chi connectivity index (χ1n) is 7.66. The first kappa shape index (κ1) is 15.7. The lowest BCUT2D eigenvalue weighted by Gasteiger charge is -2.04. The van der Waals surface area contributed by atoms with Crippen LogP contribution in [0.15, 0.2) is 58.2 Å². The molecule has 0 unspecified atom stereocenters. The van der Waals surface area contributed by atoms with Gasteiger partial charge in [-0.1, -0.05) is 38.1 Å². The van der Waals surface area contributed by atoms with E-state index in [1.165, 1.54) is 5.56 Å². The van der Waals surface area contributed by atoms with Crippen molar-refractivity contribution < 1.29 is 9.21 Å². The normalized spacial score (nSPS) is 11.3. The Balaban J connectivity index is 1.61. The Kier molecular flexibility index (Phi) is 4.56. The Bertz CT molecular complexity index is 830. The lowest BCUT2D eigenvalue weighted by Crippen LogP contribution is -2.18. The second-order valence-corrected chi connectivity index (χ2v) is 5.66. The Labute approximate surface area is 139 Å². The van der Waals surface area contributed by atoms with Gasteiger partial charge in [-0.2, -0.15) is 10.2 Å². The van der Waals surface area contributed by atoms with Crippen molar-refractivity contribution in [2.24, 2.45) is 5.10 Å². The van der Waals surface area contributed by atoms with E-state index in [9.17, 15) is 4.79 Å². The van der Waals surface area contributed by atoms with Crippen LogP contribution in [0, 0.1) is 0 Å². The van der Waals surface area contributed by atoms with E-state index in [0.29, 0.717) is 17.4 Å². The highest BCUT2D eigenvalue weighted by atomic mass is 16.3. The number of rotatable bonds is 5. The van der Waals surface area contributed by atoms with Crippen LogP contribution >= 0.6 is 0 Å². The largest absolute Gasteiger partial charge is 0.463 e. The number of amides is 1. The molecule has 0 aliphatic rings. The number of hydrazone groups is 1. The fourth-order valence-electron chi connectivity index (χ4n) is 2.19. The van der Waals surface area contributed by atoms with Crippen LogP contribution in [0.3, 0.4) is 0 Å². The summed E-state index contributed by atoms with van der Waals surface area (Å²) in [6, 6.07) is 13.2. The smallest absolute Gasteiger partial charge is 0.291 e. The van der Waals surface area contributed by atoms with Gasteiger partial charge in [0, 0.05) is 6.07 Å². The Hall–Kier alpha value is -3.15. The molecule has 0 saturated carbocycles. The van der Waals surface area contributed by atoms with Gasteiger partial charge in [-0.05, 0) is 29.2 Å². The zero-order chi connectivity index (χ0) is 16.9. The number of hydrogen-bond acceptors (Lipinski definition) is 4. The highest BCUT2D eigenvalue weighted by Gasteiger charge is 2.11. The molecule has 24 heavy (non-hydrogen) atoms. The van der Waals surface area contributed by atoms with Gasteiger partial charge >= 0.3 is 0 Å². The van der Waals surface area contributed by atoms with E-state index in [0.717, 1.165) is 5.56 Å². The molecule has 0 bridgehead atoms. The molecule has 0 atom stereocenters. The second kappa shape index (κ2) is 6.95. The Morgan fingerprint density at radius 3 is 2.75 bits per heavy atom. The second-order valence-electron chi connectivity index (χ2n) is 5.66. The minimum absolute atomic E-state index is 0.244. The standard InChI is InChI=1S/C18H18N4O2/c1-12(2)14-7-5-13(6-8-14)11-19-22-18(23)16-10-15(20-21-16)17-4-3-9-24-17/h3-12H,1-2H3,(H,20,21)(H,22,23)/b19-11+. The number of aromatic amines is 1. The van der Waals surface area contributed by atoms with Gasteiger partial charge in [-0.15, -0.1) is 0 Å². The molecule has 3 aromatic rings. The molecule has 6 heteroatoms. The van der Waals surface area contributed by atoms with Crippen molar-refractivity contribution in [3.05, 3.63) is 65.5 Å². The lowest BCUT2D eigenvalue weighted by atomic mass is 10.0. The quantitative estimate of drug-likeness (QED) is 0.556. The van der Waals surface area contributed by atoms with Gasteiger partial charge < -0.3 is 4.42 Å². The van der Waals surface area contributed by atoms with E-state index in [-0.39, 0.29) is 11.6 Å². The summed E-state index contributed by atoms with van der Waals surface area (Å²) in [6.45, 7) is 4.29. The number of nitrogens with zero attached hydrogens (tertiary/aromatic N) is 2. The number of furan rings is 1. The molecule has 2 aromatic heterocycles. The summed E-state index contributed by atoms with van der Waals surface area (Å²) in [6.07, 6.45) is 3.16. The topological polar surface area (TPSA) is 83.3 Å². The zero-order valence-corrected chi connectivity index (χ0v) is 13.5. The Morgan fingerprint density at radius 2 is 2.08 bits per heavy atom. The van der Waals surface area contributed by atoms with Gasteiger partial charge in [0.2, 0.25) is 0 Å². The summed E-state index contributed by atoms with van der Waals surface area (Å²) in [4.78, 5) is 12.0. The van der Waals surface area contributed by atoms with E-state index in [1.807, 2.05) is 12.1 Å². The minimum atomic E-state index is -0.390. The Morgan fingerprint density at radius 1 is 1.29 bits per heavy atom. The number of carbonyl (C=O) groups excluding carboxylic acids is 1. The number of benzene rings is 1. The minimum Gasteiger partial charge on any atom is -0.463 e. The molecule has 0 fully saturated rings. The van der Waals surface area contributed by atoms with E-state index in [1.54, 1.807) is 30.7 Å². The summed E-state index contributed by atoms with van der Waals surface area (Å²) < 4.78 is 5.25.